The van der Waals surface area contributed by atoms with Gasteiger partial charge in [-0.3, -0.25) is 10.1 Å². The van der Waals surface area contributed by atoms with Crippen LogP contribution in [0.15, 0.2) is 41.0 Å². The van der Waals surface area contributed by atoms with Crippen molar-refractivity contribution in [3.05, 3.63) is 56.1 Å². The lowest BCUT2D eigenvalue weighted by atomic mass is 10.1. The predicted molar refractivity (Wildman–Crippen MR) is 95.9 cm³/mol. The molecular formula is C16H15BrClN3O3. The van der Waals surface area contributed by atoms with E-state index < -0.39 is 4.92 Å². The highest BCUT2D eigenvalue weighted by atomic mass is 79.9. The van der Waals surface area contributed by atoms with Crippen LogP contribution in [-0.2, 0) is 0 Å². The minimum Gasteiger partial charge on any atom is -0.490 e. The van der Waals surface area contributed by atoms with Crippen molar-refractivity contribution in [2.75, 3.05) is 18.0 Å². The first-order chi connectivity index (χ1) is 11.5. The number of anilines is 1. The standard InChI is InChI=1S/C16H15BrClN3O3/c17-11-2-1-3-14(8-11)24-13-4-6-20(7-5-13)16-15(18)9-12(10-19-16)21(22)23/h1-3,8-10,13H,4-7H2. The number of halogens is 2. The summed E-state index contributed by atoms with van der Waals surface area (Å²) in [7, 11) is 0. The van der Waals surface area contributed by atoms with Crippen molar-refractivity contribution in [3.63, 3.8) is 0 Å². The Morgan fingerprint density at radius 1 is 1.33 bits per heavy atom. The lowest BCUT2D eigenvalue weighted by molar-refractivity contribution is -0.385. The Kier molecular flexibility index (Phi) is 5.20. The molecule has 1 aliphatic heterocycles. The van der Waals surface area contributed by atoms with Gasteiger partial charge in [0.1, 0.15) is 23.9 Å². The smallest absolute Gasteiger partial charge is 0.289 e. The molecule has 1 saturated heterocycles. The first kappa shape index (κ1) is 17.0. The number of ether oxygens (including phenoxy) is 1. The molecule has 0 aliphatic carbocycles. The number of aromatic nitrogens is 1. The molecule has 126 valence electrons. The molecule has 0 atom stereocenters. The zero-order valence-electron chi connectivity index (χ0n) is 12.7. The number of hydrogen-bond donors (Lipinski definition) is 0. The quantitative estimate of drug-likeness (QED) is 0.548. The van der Waals surface area contributed by atoms with E-state index >= 15 is 0 Å². The fourth-order valence-electron chi connectivity index (χ4n) is 2.67. The van der Waals surface area contributed by atoms with E-state index in [2.05, 4.69) is 20.9 Å². The largest absolute Gasteiger partial charge is 0.490 e. The highest BCUT2D eigenvalue weighted by Gasteiger charge is 2.24. The second kappa shape index (κ2) is 7.36. The van der Waals surface area contributed by atoms with Gasteiger partial charge in [0.05, 0.1) is 9.95 Å². The highest BCUT2D eigenvalue weighted by Crippen LogP contribution is 2.30. The molecule has 0 unspecified atom stereocenters. The molecule has 0 amide bonds. The minimum absolute atomic E-state index is 0.100. The maximum atomic E-state index is 10.8. The first-order valence-electron chi connectivity index (χ1n) is 7.50. The van der Waals surface area contributed by atoms with Gasteiger partial charge in [-0.15, -0.1) is 0 Å². The molecule has 1 fully saturated rings. The SMILES string of the molecule is O=[N+]([O-])c1cnc(N2CCC(Oc3cccc(Br)c3)CC2)c(Cl)c1. The van der Waals surface area contributed by atoms with E-state index in [1.807, 2.05) is 29.2 Å². The predicted octanol–water partition coefficient (Wildman–Crippen LogP) is 4.45. The monoisotopic (exact) mass is 411 g/mol. The van der Waals surface area contributed by atoms with Gasteiger partial charge in [0.15, 0.2) is 0 Å². The molecule has 0 N–H and O–H groups in total. The van der Waals surface area contributed by atoms with Crippen LogP contribution in [0.1, 0.15) is 12.8 Å². The van der Waals surface area contributed by atoms with Crippen LogP contribution in [0.25, 0.3) is 0 Å². The number of hydrogen-bond acceptors (Lipinski definition) is 5. The Morgan fingerprint density at radius 2 is 2.08 bits per heavy atom. The topological polar surface area (TPSA) is 68.5 Å². The van der Waals surface area contributed by atoms with Crippen LogP contribution < -0.4 is 9.64 Å². The molecule has 0 spiro atoms. The zero-order chi connectivity index (χ0) is 17.1. The molecule has 1 aliphatic rings. The fraction of sp³-hybridized carbons (Fsp3) is 0.312. The third kappa shape index (κ3) is 3.96. The molecule has 0 saturated carbocycles. The van der Waals surface area contributed by atoms with E-state index in [1.54, 1.807) is 0 Å². The summed E-state index contributed by atoms with van der Waals surface area (Å²) in [6.45, 7) is 1.48. The van der Waals surface area contributed by atoms with Crippen molar-refractivity contribution in [2.45, 2.75) is 18.9 Å². The van der Waals surface area contributed by atoms with Crippen molar-refractivity contribution in [2.24, 2.45) is 0 Å². The summed E-state index contributed by atoms with van der Waals surface area (Å²) in [6.07, 6.45) is 3.04. The van der Waals surface area contributed by atoms with Crippen molar-refractivity contribution < 1.29 is 9.66 Å². The van der Waals surface area contributed by atoms with E-state index in [0.717, 1.165) is 36.2 Å². The van der Waals surface area contributed by atoms with Crippen LogP contribution in [0.2, 0.25) is 5.02 Å². The van der Waals surface area contributed by atoms with Crippen molar-refractivity contribution in [1.82, 2.24) is 4.98 Å². The summed E-state index contributed by atoms with van der Waals surface area (Å²) >= 11 is 9.58. The Labute approximate surface area is 152 Å². The molecule has 24 heavy (non-hydrogen) atoms. The van der Waals surface area contributed by atoms with Crippen molar-refractivity contribution >= 4 is 39.0 Å². The molecule has 1 aromatic carbocycles. The molecule has 6 nitrogen and oxygen atoms in total. The molecule has 1 aromatic heterocycles. The van der Waals surface area contributed by atoms with E-state index in [-0.39, 0.29) is 11.8 Å². The van der Waals surface area contributed by atoms with Crippen LogP contribution in [-0.4, -0.2) is 29.1 Å². The Hall–Kier alpha value is -1.86. The number of nitrogens with zero attached hydrogens (tertiary/aromatic N) is 3. The van der Waals surface area contributed by atoms with Gasteiger partial charge in [0, 0.05) is 36.5 Å². The molecule has 2 aromatic rings. The molecular weight excluding hydrogens is 398 g/mol. The summed E-state index contributed by atoms with van der Waals surface area (Å²) in [5.74, 6) is 1.43. The van der Waals surface area contributed by atoms with Gasteiger partial charge in [-0.05, 0) is 18.2 Å². The number of nitro groups is 1. The Morgan fingerprint density at radius 3 is 2.71 bits per heavy atom. The van der Waals surface area contributed by atoms with Crippen molar-refractivity contribution in [1.29, 1.82) is 0 Å². The van der Waals surface area contributed by atoms with E-state index in [0.29, 0.717) is 10.8 Å². The second-order valence-corrected chi connectivity index (χ2v) is 6.84. The van der Waals surface area contributed by atoms with E-state index in [1.165, 1.54) is 12.3 Å². The van der Waals surface area contributed by atoms with Gasteiger partial charge in [0.25, 0.3) is 5.69 Å². The summed E-state index contributed by atoms with van der Waals surface area (Å²) in [6, 6.07) is 9.12. The highest BCUT2D eigenvalue weighted by molar-refractivity contribution is 9.10. The second-order valence-electron chi connectivity index (χ2n) is 5.52. The average molecular weight is 413 g/mol. The van der Waals surface area contributed by atoms with Crippen LogP contribution in [0, 0.1) is 10.1 Å². The number of benzene rings is 1. The van der Waals surface area contributed by atoms with Crippen LogP contribution in [0.5, 0.6) is 5.75 Å². The van der Waals surface area contributed by atoms with Crippen molar-refractivity contribution in [3.8, 4) is 5.75 Å². The van der Waals surface area contributed by atoms with Crippen LogP contribution in [0.4, 0.5) is 11.5 Å². The van der Waals surface area contributed by atoms with Crippen LogP contribution >= 0.6 is 27.5 Å². The van der Waals surface area contributed by atoms with Gasteiger partial charge >= 0.3 is 0 Å². The lowest BCUT2D eigenvalue weighted by Crippen LogP contribution is -2.38. The first-order valence-corrected chi connectivity index (χ1v) is 8.67. The minimum atomic E-state index is -0.499. The van der Waals surface area contributed by atoms with Gasteiger partial charge in [-0.2, -0.15) is 0 Å². The molecule has 8 heteroatoms. The van der Waals surface area contributed by atoms with Crippen LogP contribution in [0.3, 0.4) is 0 Å². The summed E-state index contributed by atoms with van der Waals surface area (Å²) in [5, 5.41) is 11.1. The van der Waals surface area contributed by atoms with Gasteiger partial charge in [-0.25, -0.2) is 4.98 Å². The number of rotatable bonds is 4. The third-order valence-electron chi connectivity index (χ3n) is 3.86. The van der Waals surface area contributed by atoms with E-state index in [4.69, 9.17) is 16.3 Å². The molecule has 2 heterocycles. The fourth-order valence-corrected chi connectivity index (χ4v) is 3.33. The third-order valence-corrected chi connectivity index (χ3v) is 4.63. The Bertz CT molecular complexity index is 751. The number of piperidine rings is 1. The van der Waals surface area contributed by atoms with Gasteiger partial charge in [-0.1, -0.05) is 33.6 Å². The average Bonchev–Trinajstić information content (AvgIpc) is 2.55. The molecule has 0 bridgehead atoms. The lowest BCUT2D eigenvalue weighted by Gasteiger charge is -2.33. The summed E-state index contributed by atoms with van der Waals surface area (Å²) in [4.78, 5) is 16.4. The summed E-state index contributed by atoms with van der Waals surface area (Å²) < 4.78 is 6.99. The summed E-state index contributed by atoms with van der Waals surface area (Å²) in [5.41, 5.74) is -0.100. The van der Waals surface area contributed by atoms with Gasteiger partial charge < -0.3 is 9.64 Å². The zero-order valence-corrected chi connectivity index (χ0v) is 15.0. The molecule has 3 rings (SSSR count). The normalized spacial score (nSPS) is 15.3. The molecule has 0 radical (unpaired) electrons. The van der Waals surface area contributed by atoms with E-state index in [9.17, 15) is 10.1 Å². The maximum Gasteiger partial charge on any atom is 0.289 e. The van der Waals surface area contributed by atoms with Gasteiger partial charge in [0.2, 0.25) is 0 Å². The maximum absolute atomic E-state index is 10.8. The Balaban J connectivity index is 1.62. The number of pyridine rings is 1.